The number of carboxylic acid groups (broad SMARTS) is 1. The van der Waals surface area contributed by atoms with E-state index in [2.05, 4.69) is 10.2 Å². The van der Waals surface area contributed by atoms with Crippen LogP contribution >= 0.6 is 0 Å². The number of nitrogens with zero attached hydrogens (tertiary/aromatic N) is 1. The Morgan fingerprint density at radius 3 is 2.38 bits per heavy atom. The van der Waals surface area contributed by atoms with Gasteiger partial charge in [-0.05, 0) is 43.4 Å². The zero-order valence-corrected chi connectivity index (χ0v) is 18.6. The zero-order valence-electron chi connectivity index (χ0n) is 18.6. The smallest absolute Gasteiger partial charge is 0.320 e. The van der Waals surface area contributed by atoms with Crippen molar-refractivity contribution in [2.75, 3.05) is 19.6 Å². The van der Waals surface area contributed by atoms with Crippen LogP contribution < -0.4 is 5.32 Å². The van der Waals surface area contributed by atoms with Crippen LogP contribution in [0.15, 0.2) is 60.7 Å². The molecule has 1 aliphatic heterocycles. The summed E-state index contributed by atoms with van der Waals surface area (Å²) in [4.78, 5) is 26.4. The van der Waals surface area contributed by atoms with Crippen LogP contribution in [0.25, 0.3) is 0 Å². The summed E-state index contributed by atoms with van der Waals surface area (Å²) in [7, 11) is 0. The lowest BCUT2D eigenvalue weighted by Gasteiger charge is -2.31. The molecule has 0 radical (unpaired) electrons. The number of carboxylic acids is 1. The molecule has 32 heavy (non-hydrogen) atoms. The molecule has 1 aliphatic rings. The van der Waals surface area contributed by atoms with Gasteiger partial charge in [0.25, 0.3) is 0 Å². The molecule has 0 spiro atoms. The van der Waals surface area contributed by atoms with E-state index in [0.29, 0.717) is 19.4 Å². The molecule has 0 aliphatic carbocycles. The Balaban J connectivity index is 1.51. The number of aryl methyl sites for hydroxylation is 1. The quantitative estimate of drug-likeness (QED) is 0.552. The highest BCUT2D eigenvalue weighted by Gasteiger charge is 2.25. The van der Waals surface area contributed by atoms with Gasteiger partial charge in [-0.15, -0.1) is 0 Å². The molecule has 172 valence electrons. The summed E-state index contributed by atoms with van der Waals surface area (Å²) < 4.78 is 5.45. The van der Waals surface area contributed by atoms with Crippen LogP contribution in [-0.2, 0) is 27.4 Å². The SMILES string of the molecule is O=C(CN1CCCCCC(N[C@@H](CCc2ccccc2)C(=O)O)C1)OCc1ccccc1. The van der Waals surface area contributed by atoms with Crippen molar-refractivity contribution in [1.29, 1.82) is 0 Å². The number of carbonyl (C=O) groups excluding carboxylic acids is 1. The van der Waals surface area contributed by atoms with Gasteiger partial charge >= 0.3 is 11.9 Å². The highest BCUT2D eigenvalue weighted by molar-refractivity contribution is 5.73. The van der Waals surface area contributed by atoms with E-state index in [0.717, 1.165) is 43.4 Å². The lowest BCUT2D eigenvalue weighted by Crippen LogP contribution is -2.50. The molecule has 0 aromatic heterocycles. The number of benzene rings is 2. The van der Waals surface area contributed by atoms with Crippen molar-refractivity contribution >= 4 is 11.9 Å². The predicted octanol–water partition coefficient (Wildman–Crippen LogP) is 3.65. The molecule has 3 rings (SSSR count). The molecule has 2 aromatic rings. The molecule has 6 heteroatoms. The van der Waals surface area contributed by atoms with Crippen molar-refractivity contribution < 1.29 is 19.4 Å². The Hall–Kier alpha value is -2.70. The maximum Gasteiger partial charge on any atom is 0.320 e. The average Bonchev–Trinajstić information content (AvgIpc) is 2.79. The Morgan fingerprint density at radius 1 is 1.00 bits per heavy atom. The Labute approximate surface area is 190 Å². The molecule has 0 amide bonds. The topological polar surface area (TPSA) is 78.9 Å². The Morgan fingerprint density at radius 2 is 1.69 bits per heavy atom. The molecule has 1 unspecified atom stereocenters. The largest absolute Gasteiger partial charge is 0.480 e. The first-order valence-corrected chi connectivity index (χ1v) is 11.5. The second-order valence-corrected chi connectivity index (χ2v) is 8.51. The second-order valence-electron chi connectivity index (χ2n) is 8.51. The molecular formula is C26H34N2O4. The van der Waals surface area contributed by atoms with E-state index in [1.165, 1.54) is 0 Å². The highest BCUT2D eigenvalue weighted by atomic mass is 16.5. The highest BCUT2D eigenvalue weighted by Crippen LogP contribution is 2.14. The van der Waals surface area contributed by atoms with Crippen molar-refractivity contribution in [2.24, 2.45) is 0 Å². The Bertz CT molecular complexity index is 828. The Kier molecular flexibility index (Phi) is 9.72. The molecule has 6 nitrogen and oxygen atoms in total. The predicted molar refractivity (Wildman–Crippen MR) is 124 cm³/mol. The lowest BCUT2D eigenvalue weighted by atomic mass is 10.0. The van der Waals surface area contributed by atoms with Crippen molar-refractivity contribution in [1.82, 2.24) is 10.2 Å². The second kappa shape index (κ2) is 13.0. The monoisotopic (exact) mass is 438 g/mol. The van der Waals surface area contributed by atoms with Gasteiger partial charge in [-0.25, -0.2) is 0 Å². The van der Waals surface area contributed by atoms with Crippen LogP contribution in [0.3, 0.4) is 0 Å². The minimum atomic E-state index is -0.822. The van der Waals surface area contributed by atoms with Crippen molar-refractivity contribution in [3.05, 3.63) is 71.8 Å². The van der Waals surface area contributed by atoms with Crippen LogP contribution in [0.2, 0.25) is 0 Å². The van der Waals surface area contributed by atoms with Gasteiger partial charge in [0.05, 0.1) is 6.54 Å². The minimum Gasteiger partial charge on any atom is -0.480 e. The number of ether oxygens (including phenoxy) is 1. The summed E-state index contributed by atoms with van der Waals surface area (Å²) in [6.07, 6.45) is 5.34. The van der Waals surface area contributed by atoms with Crippen LogP contribution in [0, 0.1) is 0 Å². The van der Waals surface area contributed by atoms with Crippen molar-refractivity contribution in [3.63, 3.8) is 0 Å². The number of esters is 1. The van der Waals surface area contributed by atoms with Crippen LogP contribution in [0.1, 0.15) is 43.2 Å². The first-order valence-electron chi connectivity index (χ1n) is 11.5. The molecule has 2 atom stereocenters. The number of nitrogens with one attached hydrogen (secondary N) is 1. The summed E-state index contributed by atoms with van der Waals surface area (Å²) in [5, 5.41) is 13.1. The summed E-state index contributed by atoms with van der Waals surface area (Å²) in [6, 6.07) is 19.0. The van der Waals surface area contributed by atoms with Crippen LogP contribution in [0.5, 0.6) is 0 Å². The van der Waals surface area contributed by atoms with E-state index in [9.17, 15) is 14.7 Å². The molecule has 1 fully saturated rings. The van der Waals surface area contributed by atoms with Crippen molar-refractivity contribution in [2.45, 2.75) is 57.2 Å². The van der Waals surface area contributed by atoms with Crippen molar-refractivity contribution in [3.8, 4) is 0 Å². The first-order chi connectivity index (χ1) is 15.6. The van der Waals surface area contributed by atoms with Gasteiger partial charge in [0.2, 0.25) is 0 Å². The van der Waals surface area contributed by atoms with Crippen LogP contribution in [0.4, 0.5) is 0 Å². The molecule has 0 saturated carbocycles. The summed E-state index contributed by atoms with van der Waals surface area (Å²) >= 11 is 0. The fraction of sp³-hybridized carbons (Fsp3) is 0.462. The summed E-state index contributed by atoms with van der Waals surface area (Å²) in [6.45, 7) is 1.97. The third-order valence-electron chi connectivity index (χ3n) is 5.90. The molecule has 1 heterocycles. The fourth-order valence-electron chi connectivity index (χ4n) is 4.16. The molecule has 2 aromatic carbocycles. The summed E-state index contributed by atoms with van der Waals surface area (Å²) in [5.41, 5.74) is 2.11. The minimum absolute atomic E-state index is 0.0362. The zero-order chi connectivity index (χ0) is 22.6. The number of hydrogen-bond donors (Lipinski definition) is 2. The number of hydrogen-bond acceptors (Lipinski definition) is 5. The van der Waals surface area contributed by atoms with Crippen LogP contribution in [-0.4, -0.2) is 53.7 Å². The number of aliphatic carboxylic acids is 1. The normalized spacial score (nSPS) is 18.3. The molecule has 2 N–H and O–H groups in total. The summed E-state index contributed by atoms with van der Waals surface area (Å²) in [5.74, 6) is -1.07. The van der Waals surface area contributed by atoms with E-state index >= 15 is 0 Å². The lowest BCUT2D eigenvalue weighted by molar-refractivity contribution is -0.146. The van der Waals surface area contributed by atoms with E-state index in [4.69, 9.17) is 4.74 Å². The van der Waals surface area contributed by atoms with Gasteiger partial charge in [0.15, 0.2) is 0 Å². The molecule has 1 saturated heterocycles. The molecule has 0 bridgehead atoms. The number of likely N-dealkylation sites (tertiary alicyclic amines) is 1. The van der Waals surface area contributed by atoms with Gasteiger partial charge in [0.1, 0.15) is 12.6 Å². The van der Waals surface area contributed by atoms with E-state index < -0.39 is 12.0 Å². The van der Waals surface area contributed by atoms with E-state index in [1.807, 2.05) is 60.7 Å². The number of carbonyl (C=O) groups is 2. The number of rotatable bonds is 10. The van der Waals surface area contributed by atoms with Gasteiger partial charge in [-0.2, -0.15) is 0 Å². The standard InChI is InChI=1S/C26H34N2O4/c29-25(32-20-22-12-6-2-7-13-22)19-28-17-9-3-8-14-23(18-28)27-24(26(30)31)16-15-21-10-4-1-5-11-21/h1-2,4-7,10-13,23-24,27H,3,8-9,14-20H2,(H,30,31)/t23?,24-/m0/s1. The molecular weight excluding hydrogens is 404 g/mol. The van der Waals surface area contributed by atoms with E-state index in [1.54, 1.807) is 0 Å². The van der Waals surface area contributed by atoms with E-state index in [-0.39, 0.29) is 25.2 Å². The third-order valence-corrected chi connectivity index (χ3v) is 5.90. The fourth-order valence-corrected chi connectivity index (χ4v) is 4.16. The van der Waals surface area contributed by atoms with Gasteiger partial charge in [-0.3, -0.25) is 14.5 Å². The van der Waals surface area contributed by atoms with Gasteiger partial charge in [-0.1, -0.05) is 73.5 Å². The van der Waals surface area contributed by atoms with Gasteiger partial charge in [0, 0.05) is 12.6 Å². The maximum atomic E-state index is 12.4. The van der Waals surface area contributed by atoms with Gasteiger partial charge < -0.3 is 15.2 Å². The maximum absolute atomic E-state index is 12.4. The third kappa shape index (κ3) is 8.44. The average molecular weight is 439 g/mol. The first kappa shape index (κ1) is 24.0.